The zero-order chi connectivity index (χ0) is 15.2. The lowest BCUT2D eigenvalue weighted by atomic mass is 10.1. The number of sulfonamides is 1. The normalized spacial score (nSPS) is 13.1. The molecular weight excluding hydrogens is 346 g/mol. The van der Waals surface area contributed by atoms with Gasteiger partial charge in [0, 0.05) is 4.47 Å². The number of hydrogen-bond acceptors (Lipinski definition) is 3. The zero-order valence-electron chi connectivity index (χ0n) is 11.2. The number of benzene rings is 1. The minimum Gasteiger partial charge on any atom is -0.480 e. The van der Waals surface area contributed by atoms with Gasteiger partial charge in [-0.2, -0.15) is 0 Å². The van der Waals surface area contributed by atoms with Crippen LogP contribution < -0.4 is 4.72 Å². The molecule has 1 aromatic carbocycles. The maximum absolute atomic E-state index is 12.0. The van der Waals surface area contributed by atoms with E-state index in [1.165, 1.54) is 0 Å². The standard InChI is InChI=1S/C13H18BrNO4S/c1-2-3-4-12(13(16)17)15-20(18,19)9-10-5-7-11(14)8-6-10/h5-8,12,15H,2-4,9H2,1H3,(H,16,17). The number of carbonyl (C=O) groups is 1. The molecule has 5 nitrogen and oxygen atoms in total. The monoisotopic (exact) mass is 363 g/mol. The van der Waals surface area contributed by atoms with E-state index in [4.69, 9.17) is 5.11 Å². The molecule has 0 saturated heterocycles. The van der Waals surface area contributed by atoms with Crippen LogP contribution in [0.4, 0.5) is 0 Å². The molecule has 0 radical (unpaired) electrons. The van der Waals surface area contributed by atoms with Crippen LogP contribution in [-0.4, -0.2) is 25.5 Å². The summed E-state index contributed by atoms with van der Waals surface area (Å²) in [6.45, 7) is 1.93. The molecule has 1 rings (SSSR count). The van der Waals surface area contributed by atoms with Gasteiger partial charge in [-0.25, -0.2) is 13.1 Å². The Kier molecular flexibility index (Phi) is 6.64. The summed E-state index contributed by atoms with van der Waals surface area (Å²) in [7, 11) is -3.67. The molecule has 1 atom stereocenters. The third kappa shape index (κ3) is 6.02. The van der Waals surface area contributed by atoms with E-state index in [1.807, 2.05) is 6.92 Å². The maximum atomic E-state index is 12.0. The Labute approximate surface area is 127 Å². The van der Waals surface area contributed by atoms with E-state index in [9.17, 15) is 13.2 Å². The van der Waals surface area contributed by atoms with Crippen LogP contribution in [0.5, 0.6) is 0 Å². The van der Waals surface area contributed by atoms with Crippen molar-refractivity contribution in [3.05, 3.63) is 34.3 Å². The highest BCUT2D eigenvalue weighted by atomic mass is 79.9. The van der Waals surface area contributed by atoms with Crippen LogP contribution in [0.2, 0.25) is 0 Å². The molecule has 0 aliphatic carbocycles. The molecule has 0 fully saturated rings. The second kappa shape index (κ2) is 7.75. The third-order valence-corrected chi connectivity index (χ3v) is 4.62. The summed E-state index contributed by atoms with van der Waals surface area (Å²) < 4.78 is 27.1. The summed E-state index contributed by atoms with van der Waals surface area (Å²) in [6.07, 6.45) is 1.78. The van der Waals surface area contributed by atoms with Crippen LogP contribution >= 0.6 is 15.9 Å². The van der Waals surface area contributed by atoms with Crippen molar-refractivity contribution in [1.29, 1.82) is 0 Å². The Bertz CT molecular complexity index is 542. The van der Waals surface area contributed by atoms with E-state index in [-0.39, 0.29) is 5.75 Å². The fourth-order valence-electron chi connectivity index (χ4n) is 1.70. The van der Waals surface area contributed by atoms with Crippen LogP contribution in [0.3, 0.4) is 0 Å². The number of aliphatic carboxylic acids is 1. The van der Waals surface area contributed by atoms with E-state index in [1.54, 1.807) is 24.3 Å². The minimum absolute atomic E-state index is 0.226. The van der Waals surface area contributed by atoms with Crippen LogP contribution in [-0.2, 0) is 20.6 Å². The summed E-state index contributed by atoms with van der Waals surface area (Å²) in [5.41, 5.74) is 0.611. The molecule has 2 N–H and O–H groups in total. The quantitative estimate of drug-likeness (QED) is 0.743. The molecule has 1 unspecified atom stereocenters. The van der Waals surface area contributed by atoms with Crippen molar-refractivity contribution in [3.63, 3.8) is 0 Å². The molecule has 0 amide bonds. The van der Waals surface area contributed by atoms with Crippen molar-refractivity contribution < 1.29 is 18.3 Å². The highest BCUT2D eigenvalue weighted by molar-refractivity contribution is 9.10. The first-order valence-corrected chi connectivity index (χ1v) is 8.76. The lowest BCUT2D eigenvalue weighted by Gasteiger charge is -2.14. The zero-order valence-corrected chi connectivity index (χ0v) is 13.6. The number of halogens is 1. The fourth-order valence-corrected chi connectivity index (χ4v) is 3.33. The second-order valence-corrected chi connectivity index (χ2v) is 7.21. The van der Waals surface area contributed by atoms with Gasteiger partial charge in [0.25, 0.3) is 0 Å². The van der Waals surface area contributed by atoms with Gasteiger partial charge < -0.3 is 5.11 Å². The Morgan fingerprint density at radius 2 is 1.95 bits per heavy atom. The average Bonchev–Trinajstić information content (AvgIpc) is 2.36. The predicted octanol–water partition coefficient (Wildman–Crippen LogP) is 2.51. The molecule has 0 bridgehead atoms. The number of carboxylic acids is 1. The van der Waals surface area contributed by atoms with Gasteiger partial charge in [-0.3, -0.25) is 4.79 Å². The van der Waals surface area contributed by atoms with Gasteiger partial charge in [0.15, 0.2) is 0 Å². The molecule has 112 valence electrons. The Balaban J connectivity index is 2.72. The first-order chi connectivity index (χ1) is 9.34. The molecule has 1 aromatic rings. The summed E-state index contributed by atoms with van der Waals surface area (Å²) in [5, 5.41) is 9.03. The van der Waals surface area contributed by atoms with Crippen LogP contribution in [0.25, 0.3) is 0 Å². The van der Waals surface area contributed by atoms with E-state index in [0.29, 0.717) is 18.4 Å². The van der Waals surface area contributed by atoms with Gasteiger partial charge in [-0.15, -0.1) is 0 Å². The van der Waals surface area contributed by atoms with E-state index in [0.717, 1.165) is 10.9 Å². The molecule has 0 saturated carbocycles. The molecule has 0 aromatic heterocycles. The summed E-state index contributed by atoms with van der Waals surface area (Å²) in [6, 6.07) is 5.80. The Morgan fingerprint density at radius 3 is 2.45 bits per heavy atom. The molecule has 7 heteroatoms. The van der Waals surface area contributed by atoms with Crippen LogP contribution in [0.15, 0.2) is 28.7 Å². The van der Waals surface area contributed by atoms with Gasteiger partial charge in [0.2, 0.25) is 10.0 Å². The van der Waals surface area contributed by atoms with E-state index < -0.39 is 22.0 Å². The molecule has 0 aliphatic rings. The van der Waals surface area contributed by atoms with Gasteiger partial charge in [-0.05, 0) is 24.1 Å². The number of unbranched alkanes of at least 4 members (excludes halogenated alkanes) is 1. The number of hydrogen-bond donors (Lipinski definition) is 2. The summed E-state index contributed by atoms with van der Waals surface area (Å²) >= 11 is 3.27. The predicted molar refractivity (Wildman–Crippen MR) is 80.9 cm³/mol. The summed E-state index contributed by atoms with van der Waals surface area (Å²) in [5.74, 6) is -1.37. The number of rotatable bonds is 8. The van der Waals surface area contributed by atoms with Crippen molar-refractivity contribution in [1.82, 2.24) is 4.72 Å². The van der Waals surface area contributed by atoms with E-state index >= 15 is 0 Å². The fraction of sp³-hybridized carbons (Fsp3) is 0.462. The topological polar surface area (TPSA) is 83.5 Å². The molecule has 0 aliphatic heterocycles. The van der Waals surface area contributed by atoms with Crippen LogP contribution in [0, 0.1) is 0 Å². The first-order valence-electron chi connectivity index (χ1n) is 6.31. The van der Waals surface area contributed by atoms with Gasteiger partial charge >= 0.3 is 5.97 Å². The second-order valence-electron chi connectivity index (χ2n) is 4.54. The van der Waals surface area contributed by atoms with Gasteiger partial charge in [0.1, 0.15) is 6.04 Å². The smallest absolute Gasteiger partial charge is 0.321 e. The Morgan fingerprint density at radius 1 is 1.35 bits per heavy atom. The molecule has 0 heterocycles. The summed E-state index contributed by atoms with van der Waals surface area (Å²) in [4.78, 5) is 11.0. The van der Waals surface area contributed by atoms with Crippen molar-refractivity contribution in [3.8, 4) is 0 Å². The van der Waals surface area contributed by atoms with Crippen LogP contribution in [0.1, 0.15) is 31.7 Å². The van der Waals surface area contributed by atoms with Crippen molar-refractivity contribution in [2.75, 3.05) is 0 Å². The lowest BCUT2D eigenvalue weighted by molar-refractivity contribution is -0.139. The average molecular weight is 364 g/mol. The number of carboxylic acid groups (broad SMARTS) is 1. The highest BCUT2D eigenvalue weighted by Gasteiger charge is 2.23. The highest BCUT2D eigenvalue weighted by Crippen LogP contribution is 2.13. The number of nitrogens with one attached hydrogen (secondary N) is 1. The van der Waals surface area contributed by atoms with Gasteiger partial charge in [-0.1, -0.05) is 47.8 Å². The maximum Gasteiger partial charge on any atom is 0.321 e. The van der Waals surface area contributed by atoms with Crippen molar-refractivity contribution >= 4 is 31.9 Å². The SMILES string of the molecule is CCCCC(NS(=O)(=O)Cc1ccc(Br)cc1)C(=O)O. The lowest BCUT2D eigenvalue weighted by Crippen LogP contribution is -2.41. The first kappa shape index (κ1) is 17.1. The molecule has 0 spiro atoms. The van der Waals surface area contributed by atoms with Crippen molar-refractivity contribution in [2.45, 2.75) is 38.0 Å². The van der Waals surface area contributed by atoms with E-state index in [2.05, 4.69) is 20.7 Å². The molecular formula is C13H18BrNO4S. The molecule has 20 heavy (non-hydrogen) atoms. The van der Waals surface area contributed by atoms with Crippen molar-refractivity contribution in [2.24, 2.45) is 0 Å². The van der Waals surface area contributed by atoms with Gasteiger partial charge in [0.05, 0.1) is 5.75 Å². The minimum atomic E-state index is -3.67. The third-order valence-electron chi connectivity index (χ3n) is 2.74. The Hall–Kier alpha value is -0.920. The largest absolute Gasteiger partial charge is 0.480 e.